The molecule has 0 atom stereocenters. The number of fused-ring (bicyclic) bond motifs is 1. The Balaban J connectivity index is 1.99. The molecule has 86 valence electrons. The van der Waals surface area contributed by atoms with E-state index in [0.29, 0.717) is 11.5 Å². The molecule has 1 N–H and O–H groups in total. The highest BCUT2D eigenvalue weighted by molar-refractivity contribution is 5.95. The van der Waals surface area contributed by atoms with E-state index >= 15 is 0 Å². The third-order valence-corrected chi connectivity index (χ3v) is 2.56. The van der Waals surface area contributed by atoms with Crippen molar-refractivity contribution < 1.29 is 9.18 Å². The van der Waals surface area contributed by atoms with E-state index in [1.54, 1.807) is 0 Å². The van der Waals surface area contributed by atoms with Crippen LogP contribution in [0.15, 0.2) is 29.1 Å². The van der Waals surface area contributed by atoms with E-state index in [-0.39, 0.29) is 12.4 Å². The van der Waals surface area contributed by atoms with Crippen LogP contribution >= 0.6 is 0 Å². The lowest BCUT2D eigenvalue weighted by molar-refractivity contribution is 0.248. The van der Waals surface area contributed by atoms with Crippen molar-refractivity contribution in [3.8, 4) is 0 Å². The number of benzene rings is 1. The summed E-state index contributed by atoms with van der Waals surface area (Å²) in [7, 11) is 0. The predicted molar refractivity (Wildman–Crippen MR) is 56.2 cm³/mol. The minimum Gasteiger partial charge on any atom is -0.285 e. The molecule has 1 aromatic carbocycles. The molecule has 0 saturated carbocycles. The molecule has 3 rings (SSSR count). The van der Waals surface area contributed by atoms with Crippen LogP contribution in [0, 0.1) is 5.82 Å². The van der Waals surface area contributed by atoms with Gasteiger partial charge in [-0.25, -0.2) is 19.1 Å². The second kappa shape index (κ2) is 3.27. The zero-order valence-electron chi connectivity index (χ0n) is 8.55. The topological polar surface area (TPSA) is 71.0 Å². The van der Waals surface area contributed by atoms with Gasteiger partial charge in [-0.1, -0.05) is 0 Å². The molecule has 1 aliphatic heterocycles. The molecule has 17 heavy (non-hydrogen) atoms. The molecule has 0 bridgehead atoms. The summed E-state index contributed by atoms with van der Waals surface area (Å²) in [5, 5.41) is 2.30. The highest BCUT2D eigenvalue weighted by Gasteiger charge is 2.30. The maximum atomic E-state index is 12.8. The molecule has 0 aliphatic carbocycles. The fraction of sp³-hybridized carbons (Fsp3) is 0.100. The van der Waals surface area contributed by atoms with Gasteiger partial charge < -0.3 is 0 Å². The molecule has 2 heterocycles. The normalized spacial score (nSPS) is 14.2. The lowest BCUT2D eigenvalue weighted by Gasteiger charge is -2.13. The third kappa shape index (κ3) is 1.43. The number of carbonyl (C=O) groups is 1. The molecule has 0 fully saturated rings. The maximum absolute atomic E-state index is 12.8. The van der Waals surface area contributed by atoms with E-state index in [1.165, 1.54) is 29.2 Å². The number of anilines is 1. The van der Waals surface area contributed by atoms with Crippen LogP contribution in [-0.2, 0) is 6.54 Å². The summed E-state index contributed by atoms with van der Waals surface area (Å²) in [6.45, 7) is 0.198. The SMILES string of the molecule is O=C1N(c2ccc(F)cc2)Cc2nc(=O)[nH]n21. The molecule has 0 spiro atoms. The monoisotopic (exact) mass is 234 g/mol. The number of aromatic nitrogens is 3. The third-order valence-electron chi connectivity index (χ3n) is 2.56. The Morgan fingerprint density at radius 1 is 1.24 bits per heavy atom. The fourth-order valence-corrected chi connectivity index (χ4v) is 1.77. The van der Waals surface area contributed by atoms with E-state index in [1.807, 2.05) is 0 Å². The van der Waals surface area contributed by atoms with Crippen molar-refractivity contribution >= 4 is 11.7 Å². The summed E-state index contributed by atoms with van der Waals surface area (Å²) in [6, 6.07) is 5.13. The zero-order chi connectivity index (χ0) is 12.0. The zero-order valence-corrected chi connectivity index (χ0v) is 8.55. The minimum absolute atomic E-state index is 0.198. The molecule has 1 amide bonds. The average molecular weight is 234 g/mol. The highest BCUT2D eigenvalue weighted by atomic mass is 19.1. The van der Waals surface area contributed by atoms with E-state index in [9.17, 15) is 14.0 Å². The minimum atomic E-state index is -0.549. The molecule has 1 aliphatic rings. The summed E-state index contributed by atoms with van der Waals surface area (Å²) >= 11 is 0. The van der Waals surface area contributed by atoms with Crippen LogP contribution in [-0.4, -0.2) is 20.8 Å². The number of amides is 1. The van der Waals surface area contributed by atoms with Gasteiger partial charge in [0, 0.05) is 5.69 Å². The molecular formula is C10H7FN4O2. The number of rotatable bonds is 1. The first-order valence-electron chi connectivity index (χ1n) is 4.90. The molecule has 1 aromatic heterocycles. The Morgan fingerprint density at radius 3 is 2.59 bits per heavy atom. The van der Waals surface area contributed by atoms with Crippen LogP contribution in [0.3, 0.4) is 0 Å². The summed E-state index contributed by atoms with van der Waals surface area (Å²) in [6.07, 6.45) is 0. The number of nitrogens with one attached hydrogen (secondary N) is 1. The standard InChI is InChI=1S/C10H7FN4O2/c11-6-1-3-7(4-2-6)14-5-8-12-9(16)13-15(8)10(14)17/h1-4H,5H2,(H,13,16). The number of carbonyl (C=O) groups excluding carboxylic acids is 1. The van der Waals surface area contributed by atoms with Gasteiger partial charge in [-0.3, -0.25) is 4.90 Å². The van der Waals surface area contributed by atoms with Gasteiger partial charge >= 0.3 is 11.7 Å². The van der Waals surface area contributed by atoms with Crippen LogP contribution in [0.5, 0.6) is 0 Å². The van der Waals surface area contributed by atoms with E-state index in [0.717, 1.165) is 4.68 Å². The number of halogens is 1. The summed E-state index contributed by atoms with van der Waals surface area (Å²) in [5.74, 6) is -0.0177. The second-order valence-electron chi connectivity index (χ2n) is 3.63. The smallest absolute Gasteiger partial charge is 0.285 e. The highest BCUT2D eigenvalue weighted by Crippen LogP contribution is 2.21. The summed E-state index contributed by atoms with van der Waals surface area (Å²) in [4.78, 5) is 27.9. The van der Waals surface area contributed by atoms with Crippen molar-refractivity contribution in [3.05, 3.63) is 46.4 Å². The van der Waals surface area contributed by atoms with Crippen LogP contribution < -0.4 is 10.6 Å². The molecule has 0 unspecified atom stereocenters. The van der Waals surface area contributed by atoms with Gasteiger partial charge in [-0.15, -0.1) is 0 Å². The molecule has 7 heteroatoms. The van der Waals surface area contributed by atoms with Gasteiger partial charge in [-0.05, 0) is 24.3 Å². The van der Waals surface area contributed by atoms with Crippen molar-refractivity contribution in [1.82, 2.24) is 14.8 Å². The summed E-state index contributed by atoms with van der Waals surface area (Å²) < 4.78 is 13.8. The van der Waals surface area contributed by atoms with E-state index in [2.05, 4.69) is 10.1 Å². The van der Waals surface area contributed by atoms with E-state index < -0.39 is 11.7 Å². The molecule has 0 radical (unpaired) electrons. The van der Waals surface area contributed by atoms with Crippen LogP contribution in [0.4, 0.5) is 14.9 Å². The Kier molecular flexibility index (Phi) is 1.88. The number of hydrogen-bond acceptors (Lipinski definition) is 3. The number of hydrogen-bond donors (Lipinski definition) is 1. The Bertz CT molecular complexity index is 643. The second-order valence-corrected chi connectivity index (χ2v) is 3.63. The predicted octanol–water partition coefficient (Wildman–Crippen LogP) is 0.699. The van der Waals surface area contributed by atoms with Gasteiger partial charge in [0.15, 0.2) is 5.82 Å². The van der Waals surface area contributed by atoms with Gasteiger partial charge in [0.05, 0.1) is 6.54 Å². The maximum Gasteiger partial charge on any atom is 0.362 e. The Hall–Kier alpha value is -2.44. The van der Waals surface area contributed by atoms with Crippen molar-refractivity contribution in [2.24, 2.45) is 0 Å². The van der Waals surface area contributed by atoms with Gasteiger partial charge in [0.25, 0.3) is 0 Å². The Morgan fingerprint density at radius 2 is 1.94 bits per heavy atom. The lowest BCUT2D eigenvalue weighted by Crippen LogP contribution is -2.28. The molecule has 0 saturated heterocycles. The van der Waals surface area contributed by atoms with Crippen molar-refractivity contribution in [2.45, 2.75) is 6.54 Å². The van der Waals surface area contributed by atoms with Crippen LogP contribution in [0.2, 0.25) is 0 Å². The Labute approximate surface area is 94.3 Å². The summed E-state index contributed by atoms with van der Waals surface area (Å²) in [5.41, 5.74) is 0.00913. The first-order valence-corrected chi connectivity index (χ1v) is 4.90. The lowest BCUT2D eigenvalue weighted by atomic mass is 10.3. The fourth-order valence-electron chi connectivity index (χ4n) is 1.77. The van der Waals surface area contributed by atoms with Gasteiger partial charge in [0.1, 0.15) is 5.82 Å². The van der Waals surface area contributed by atoms with Crippen molar-refractivity contribution in [3.63, 3.8) is 0 Å². The number of H-pyrrole nitrogens is 1. The van der Waals surface area contributed by atoms with Crippen LogP contribution in [0.25, 0.3) is 0 Å². The average Bonchev–Trinajstić information content (AvgIpc) is 2.79. The van der Waals surface area contributed by atoms with Gasteiger partial charge in [0.2, 0.25) is 0 Å². The molecule has 6 nitrogen and oxygen atoms in total. The van der Waals surface area contributed by atoms with Crippen molar-refractivity contribution in [2.75, 3.05) is 4.90 Å². The van der Waals surface area contributed by atoms with Crippen molar-refractivity contribution in [1.29, 1.82) is 0 Å². The molecule has 2 aromatic rings. The largest absolute Gasteiger partial charge is 0.362 e. The number of nitrogens with zero attached hydrogens (tertiary/aromatic N) is 3. The first kappa shape index (κ1) is 9.76. The van der Waals surface area contributed by atoms with E-state index in [4.69, 9.17) is 0 Å². The first-order chi connectivity index (χ1) is 8.15. The quantitative estimate of drug-likeness (QED) is 0.789. The van der Waals surface area contributed by atoms with Gasteiger partial charge in [-0.2, -0.15) is 9.67 Å². The number of aromatic amines is 1. The molecular weight excluding hydrogens is 227 g/mol. The van der Waals surface area contributed by atoms with Crippen LogP contribution in [0.1, 0.15) is 5.82 Å².